The zero-order valence-electron chi connectivity index (χ0n) is 14.5. The number of carbonyl (C=O) groups is 2. The van der Waals surface area contributed by atoms with Crippen LogP contribution in [0.5, 0.6) is 5.75 Å². The molecule has 2 fully saturated rings. The number of likely N-dealkylation sites (tertiary alicyclic amines) is 1. The number of nitrogens with zero attached hydrogens (tertiary/aromatic N) is 2. The first-order chi connectivity index (χ1) is 11.6. The normalized spacial score (nSPS) is 23.4. The Kier molecular flexibility index (Phi) is 6.67. The molecule has 0 aromatic heterocycles. The Morgan fingerprint density at radius 1 is 1.32 bits per heavy atom. The molecule has 0 radical (unpaired) electrons. The zero-order chi connectivity index (χ0) is 17.1. The topological polar surface area (TPSA) is 75.9 Å². The fourth-order valence-corrected chi connectivity index (χ4v) is 3.53. The number of ether oxygens (including phenoxy) is 1. The number of rotatable bonds is 4. The van der Waals surface area contributed by atoms with Crippen LogP contribution in [0.1, 0.15) is 26.2 Å². The third-order valence-electron chi connectivity index (χ3n) is 4.70. The van der Waals surface area contributed by atoms with Crippen molar-refractivity contribution in [2.24, 2.45) is 11.7 Å². The lowest BCUT2D eigenvalue weighted by molar-refractivity contribution is -0.136. The van der Waals surface area contributed by atoms with Crippen molar-refractivity contribution in [1.29, 1.82) is 0 Å². The van der Waals surface area contributed by atoms with Gasteiger partial charge in [0.25, 0.3) is 0 Å². The SMILES string of the molecule is CCOc1ccccc1N1CC(C(=O)N2CCCC(N)C2)CC1=O.Cl. The Labute approximate surface area is 154 Å². The molecule has 2 saturated heterocycles. The van der Waals surface area contributed by atoms with Crippen LogP contribution in [0.25, 0.3) is 0 Å². The summed E-state index contributed by atoms with van der Waals surface area (Å²) in [6.07, 6.45) is 2.15. The minimum absolute atomic E-state index is 0. The van der Waals surface area contributed by atoms with Crippen LogP contribution in [-0.4, -0.2) is 49.0 Å². The summed E-state index contributed by atoms with van der Waals surface area (Å²) in [6, 6.07) is 7.53. The van der Waals surface area contributed by atoms with Gasteiger partial charge in [-0.05, 0) is 31.9 Å². The predicted molar refractivity (Wildman–Crippen MR) is 99.1 cm³/mol. The summed E-state index contributed by atoms with van der Waals surface area (Å²) >= 11 is 0. The van der Waals surface area contributed by atoms with Crippen molar-refractivity contribution in [1.82, 2.24) is 4.90 Å². The lowest BCUT2D eigenvalue weighted by atomic mass is 10.0. The number of halogens is 1. The van der Waals surface area contributed by atoms with E-state index in [-0.39, 0.29) is 42.6 Å². The van der Waals surface area contributed by atoms with Gasteiger partial charge in [-0.2, -0.15) is 0 Å². The first-order valence-corrected chi connectivity index (χ1v) is 8.66. The summed E-state index contributed by atoms with van der Waals surface area (Å²) in [6.45, 7) is 4.20. The second-order valence-corrected chi connectivity index (χ2v) is 6.49. The Morgan fingerprint density at radius 3 is 2.80 bits per heavy atom. The van der Waals surface area contributed by atoms with Crippen molar-refractivity contribution in [3.05, 3.63) is 24.3 Å². The second-order valence-electron chi connectivity index (χ2n) is 6.49. The van der Waals surface area contributed by atoms with Crippen LogP contribution in [0.3, 0.4) is 0 Å². The van der Waals surface area contributed by atoms with Gasteiger partial charge in [-0.3, -0.25) is 9.59 Å². The summed E-state index contributed by atoms with van der Waals surface area (Å²) in [4.78, 5) is 28.7. The monoisotopic (exact) mass is 367 g/mol. The maximum atomic E-state index is 12.7. The van der Waals surface area contributed by atoms with Gasteiger partial charge in [0.1, 0.15) is 5.75 Å². The molecule has 1 aromatic rings. The highest BCUT2D eigenvalue weighted by Crippen LogP contribution is 2.33. The number of amides is 2. The van der Waals surface area contributed by atoms with Crippen molar-refractivity contribution in [3.8, 4) is 5.75 Å². The van der Waals surface area contributed by atoms with E-state index in [1.165, 1.54) is 0 Å². The van der Waals surface area contributed by atoms with E-state index >= 15 is 0 Å². The molecule has 7 heteroatoms. The van der Waals surface area contributed by atoms with Gasteiger partial charge >= 0.3 is 0 Å². The molecule has 2 aliphatic heterocycles. The molecule has 25 heavy (non-hydrogen) atoms. The maximum Gasteiger partial charge on any atom is 0.228 e. The quantitative estimate of drug-likeness (QED) is 0.880. The van der Waals surface area contributed by atoms with Gasteiger partial charge in [0.15, 0.2) is 0 Å². The molecule has 2 aliphatic rings. The zero-order valence-corrected chi connectivity index (χ0v) is 15.3. The summed E-state index contributed by atoms with van der Waals surface area (Å²) < 4.78 is 5.62. The molecule has 2 unspecified atom stereocenters. The van der Waals surface area contributed by atoms with Crippen LogP contribution in [0.15, 0.2) is 24.3 Å². The molecular weight excluding hydrogens is 342 g/mol. The van der Waals surface area contributed by atoms with E-state index in [0.717, 1.165) is 25.1 Å². The first-order valence-electron chi connectivity index (χ1n) is 8.66. The van der Waals surface area contributed by atoms with Gasteiger partial charge in [-0.1, -0.05) is 12.1 Å². The lowest BCUT2D eigenvalue weighted by Gasteiger charge is -2.32. The average molecular weight is 368 g/mol. The fraction of sp³-hybridized carbons (Fsp3) is 0.556. The molecule has 0 bridgehead atoms. The molecule has 0 spiro atoms. The van der Waals surface area contributed by atoms with Crippen molar-refractivity contribution >= 4 is 29.9 Å². The van der Waals surface area contributed by atoms with Crippen molar-refractivity contribution in [2.45, 2.75) is 32.2 Å². The number of carbonyl (C=O) groups excluding carboxylic acids is 2. The van der Waals surface area contributed by atoms with E-state index in [2.05, 4.69) is 0 Å². The average Bonchev–Trinajstić information content (AvgIpc) is 2.97. The smallest absolute Gasteiger partial charge is 0.228 e. The molecule has 138 valence electrons. The predicted octanol–water partition coefficient (Wildman–Crippen LogP) is 1.81. The summed E-state index contributed by atoms with van der Waals surface area (Å²) in [5, 5.41) is 0. The molecule has 1 aromatic carbocycles. The maximum absolute atomic E-state index is 12.7. The van der Waals surface area contributed by atoms with Crippen LogP contribution in [0, 0.1) is 5.92 Å². The molecule has 0 aliphatic carbocycles. The largest absolute Gasteiger partial charge is 0.492 e. The Morgan fingerprint density at radius 2 is 2.08 bits per heavy atom. The van der Waals surface area contributed by atoms with Crippen LogP contribution in [-0.2, 0) is 9.59 Å². The van der Waals surface area contributed by atoms with Crippen LogP contribution < -0.4 is 15.4 Å². The third kappa shape index (κ3) is 4.25. The summed E-state index contributed by atoms with van der Waals surface area (Å²) in [5.41, 5.74) is 6.72. The van der Waals surface area contributed by atoms with Crippen LogP contribution in [0.2, 0.25) is 0 Å². The van der Waals surface area contributed by atoms with Gasteiger partial charge in [0.05, 0.1) is 18.2 Å². The van der Waals surface area contributed by atoms with E-state index in [1.54, 1.807) is 4.90 Å². The molecule has 2 N–H and O–H groups in total. The van der Waals surface area contributed by atoms with E-state index in [0.29, 0.717) is 25.4 Å². The number of benzene rings is 1. The van der Waals surface area contributed by atoms with Crippen LogP contribution >= 0.6 is 12.4 Å². The molecule has 2 heterocycles. The summed E-state index contributed by atoms with van der Waals surface area (Å²) in [7, 11) is 0. The number of piperidine rings is 1. The molecular formula is C18H26ClN3O3. The van der Waals surface area contributed by atoms with E-state index in [1.807, 2.05) is 36.1 Å². The van der Waals surface area contributed by atoms with Gasteiger partial charge in [-0.15, -0.1) is 12.4 Å². The summed E-state index contributed by atoms with van der Waals surface area (Å²) in [5.74, 6) is 0.413. The Hall–Kier alpha value is -1.79. The number of para-hydroxylation sites is 2. The number of hydrogen-bond acceptors (Lipinski definition) is 4. The standard InChI is InChI=1S/C18H25N3O3.ClH/c1-2-24-16-8-4-3-7-15(16)21-11-13(10-17(21)22)18(23)20-9-5-6-14(19)12-20;/h3-4,7-8,13-14H,2,5-6,9-12,19H2,1H3;1H. The lowest BCUT2D eigenvalue weighted by Crippen LogP contribution is -2.48. The molecule has 0 saturated carbocycles. The van der Waals surface area contributed by atoms with Crippen molar-refractivity contribution in [3.63, 3.8) is 0 Å². The van der Waals surface area contributed by atoms with E-state index < -0.39 is 0 Å². The van der Waals surface area contributed by atoms with Gasteiger partial charge in [0.2, 0.25) is 11.8 Å². The van der Waals surface area contributed by atoms with Gasteiger partial charge in [-0.25, -0.2) is 0 Å². The number of hydrogen-bond donors (Lipinski definition) is 1. The highest BCUT2D eigenvalue weighted by atomic mass is 35.5. The van der Waals surface area contributed by atoms with Gasteiger partial charge < -0.3 is 20.3 Å². The number of nitrogens with two attached hydrogens (primary N) is 1. The molecule has 6 nitrogen and oxygen atoms in total. The Balaban J connectivity index is 0.00000225. The second kappa shape index (κ2) is 8.54. The first kappa shape index (κ1) is 19.5. The minimum Gasteiger partial charge on any atom is -0.492 e. The van der Waals surface area contributed by atoms with Gasteiger partial charge in [0, 0.05) is 32.1 Å². The van der Waals surface area contributed by atoms with Crippen LogP contribution in [0.4, 0.5) is 5.69 Å². The minimum atomic E-state index is -0.294. The fourth-order valence-electron chi connectivity index (χ4n) is 3.53. The Bertz CT molecular complexity index is 625. The van der Waals surface area contributed by atoms with E-state index in [9.17, 15) is 9.59 Å². The highest BCUT2D eigenvalue weighted by molar-refractivity contribution is 6.01. The highest BCUT2D eigenvalue weighted by Gasteiger charge is 2.38. The molecule has 2 atom stereocenters. The molecule has 3 rings (SSSR count). The number of anilines is 1. The van der Waals surface area contributed by atoms with Crippen molar-refractivity contribution in [2.75, 3.05) is 31.1 Å². The van der Waals surface area contributed by atoms with Crippen molar-refractivity contribution < 1.29 is 14.3 Å². The third-order valence-corrected chi connectivity index (χ3v) is 4.70. The van der Waals surface area contributed by atoms with E-state index in [4.69, 9.17) is 10.5 Å². The molecule has 2 amide bonds.